The number of nitrogens with one attached hydrogen (secondary N) is 2. The number of amides is 1. The fourth-order valence-electron chi connectivity index (χ4n) is 3.53. The van der Waals surface area contributed by atoms with Gasteiger partial charge in [0.2, 0.25) is 5.91 Å². The monoisotopic (exact) mass is 343 g/mol. The molecule has 1 aliphatic carbocycles. The zero-order valence-electron chi connectivity index (χ0n) is 14.5. The Balaban J connectivity index is 1.78. The molecule has 4 N–H and O–H groups in total. The maximum atomic E-state index is 12.3. The predicted molar refractivity (Wildman–Crippen MR) is 98.0 cm³/mol. The zero-order valence-corrected chi connectivity index (χ0v) is 14.5. The third kappa shape index (κ3) is 3.16. The molecule has 1 amide bonds. The summed E-state index contributed by atoms with van der Waals surface area (Å²) >= 11 is 0. The normalized spacial score (nSPS) is 20.7. The highest BCUT2D eigenvalue weighted by molar-refractivity contribution is 6.08. The van der Waals surface area contributed by atoms with Crippen LogP contribution in [0.1, 0.15) is 32.6 Å². The average molecular weight is 343 g/mol. The minimum atomic E-state index is 0.0870. The van der Waals surface area contributed by atoms with E-state index in [4.69, 9.17) is 10.5 Å². The molecule has 1 aliphatic heterocycles. The van der Waals surface area contributed by atoms with Crippen molar-refractivity contribution in [2.45, 2.75) is 38.6 Å². The van der Waals surface area contributed by atoms with E-state index in [1.165, 1.54) is 0 Å². The van der Waals surface area contributed by atoms with Gasteiger partial charge < -0.3 is 25.7 Å². The molecule has 0 bridgehead atoms. The van der Waals surface area contributed by atoms with Crippen LogP contribution in [0.2, 0.25) is 0 Å². The van der Waals surface area contributed by atoms with Crippen molar-refractivity contribution in [1.29, 1.82) is 0 Å². The van der Waals surface area contributed by atoms with Crippen molar-refractivity contribution in [3.63, 3.8) is 0 Å². The van der Waals surface area contributed by atoms with Crippen molar-refractivity contribution in [2.24, 2.45) is 11.7 Å². The number of H-pyrrole nitrogens is 1. The van der Waals surface area contributed by atoms with Gasteiger partial charge in [-0.05, 0) is 32.6 Å². The summed E-state index contributed by atoms with van der Waals surface area (Å²) in [7, 11) is 0. The Hall–Kier alpha value is -2.28. The van der Waals surface area contributed by atoms with Gasteiger partial charge in [0.25, 0.3) is 0 Å². The molecule has 1 atom stereocenters. The second kappa shape index (κ2) is 6.55. The largest absolute Gasteiger partial charge is 0.490 e. The number of aromatic nitrogens is 2. The molecule has 134 valence electrons. The number of carbonyl (C=O) groups excluding carboxylic acids is 1. The number of aromatic amines is 1. The molecule has 4 rings (SSSR count). The number of anilines is 2. The van der Waals surface area contributed by atoms with E-state index in [0.29, 0.717) is 6.61 Å². The van der Waals surface area contributed by atoms with Crippen molar-refractivity contribution in [1.82, 2.24) is 9.97 Å². The summed E-state index contributed by atoms with van der Waals surface area (Å²) in [4.78, 5) is 22.2. The molecule has 2 aliphatic rings. The van der Waals surface area contributed by atoms with Gasteiger partial charge in [0.1, 0.15) is 5.65 Å². The summed E-state index contributed by atoms with van der Waals surface area (Å²) in [5.41, 5.74) is 8.70. The number of fused-ring (bicyclic) bond motifs is 1. The van der Waals surface area contributed by atoms with Gasteiger partial charge in [0, 0.05) is 31.2 Å². The fourth-order valence-corrected chi connectivity index (χ4v) is 3.53. The van der Waals surface area contributed by atoms with E-state index in [2.05, 4.69) is 20.2 Å². The first-order chi connectivity index (χ1) is 12.2. The maximum Gasteiger partial charge on any atom is 0.227 e. The van der Waals surface area contributed by atoms with Crippen LogP contribution in [0.3, 0.4) is 0 Å². The van der Waals surface area contributed by atoms with E-state index in [1.807, 2.05) is 13.1 Å². The number of hydrogen-bond donors (Lipinski definition) is 3. The van der Waals surface area contributed by atoms with Crippen molar-refractivity contribution < 1.29 is 9.53 Å². The number of hydrogen-bond acceptors (Lipinski definition) is 5. The second-order valence-electron chi connectivity index (χ2n) is 6.94. The average Bonchev–Trinajstić information content (AvgIpc) is 3.38. The third-order valence-electron chi connectivity index (χ3n) is 4.92. The van der Waals surface area contributed by atoms with Crippen molar-refractivity contribution in [3.05, 3.63) is 12.4 Å². The van der Waals surface area contributed by atoms with Crippen LogP contribution in [0.4, 0.5) is 11.4 Å². The first-order valence-electron chi connectivity index (χ1n) is 9.11. The molecule has 0 radical (unpaired) electrons. The minimum Gasteiger partial charge on any atom is -0.490 e. The summed E-state index contributed by atoms with van der Waals surface area (Å²) in [5, 5.41) is 3.97. The fraction of sp³-hybridized carbons (Fsp3) is 0.556. The number of nitrogens with two attached hydrogens (primary N) is 1. The summed E-state index contributed by atoms with van der Waals surface area (Å²) < 4.78 is 5.85. The number of carbonyl (C=O) groups is 1. The molecular formula is C18H25N5O2. The van der Waals surface area contributed by atoms with Crippen molar-refractivity contribution in [2.75, 3.05) is 29.9 Å². The molecule has 2 aromatic heterocycles. The zero-order chi connectivity index (χ0) is 17.4. The second-order valence-corrected chi connectivity index (χ2v) is 6.94. The van der Waals surface area contributed by atoms with Crippen LogP contribution in [0.15, 0.2) is 12.4 Å². The lowest BCUT2D eigenvalue weighted by Crippen LogP contribution is -2.43. The predicted octanol–water partition coefficient (Wildman–Crippen LogP) is 2.24. The molecule has 1 saturated heterocycles. The van der Waals surface area contributed by atoms with Crippen LogP contribution in [-0.2, 0) is 4.79 Å². The van der Waals surface area contributed by atoms with E-state index in [9.17, 15) is 4.79 Å². The Bertz CT molecular complexity index is 783. The highest BCUT2D eigenvalue weighted by atomic mass is 16.5. The van der Waals surface area contributed by atoms with E-state index in [-0.39, 0.29) is 17.9 Å². The van der Waals surface area contributed by atoms with E-state index >= 15 is 0 Å². The topological polar surface area (TPSA) is 96.3 Å². The Morgan fingerprint density at radius 3 is 3.04 bits per heavy atom. The molecule has 1 unspecified atom stereocenters. The van der Waals surface area contributed by atoms with Crippen LogP contribution >= 0.6 is 0 Å². The van der Waals surface area contributed by atoms with E-state index < -0.39 is 0 Å². The first-order valence-corrected chi connectivity index (χ1v) is 9.11. The molecule has 2 fully saturated rings. The van der Waals surface area contributed by atoms with Gasteiger partial charge in [-0.3, -0.25) is 4.79 Å². The lowest BCUT2D eigenvalue weighted by Gasteiger charge is -2.34. The minimum absolute atomic E-state index is 0.0870. The quantitative estimate of drug-likeness (QED) is 0.774. The summed E-state index contributed by atoms with van der Waals surface area (Å²) in [6.07, 6.45) is 7.61. The highest BCUT2D eigenvalue weighted by Gasteiger charge is 2.31. The Labute approximate surface area is 146 Å². The smallest absolute Gasteiger partial charge is 0.227 e. The molecular weight excluding hydrogens is 318 g/mol. The van der Waals surface area contributed by atoms with Gasteiger partial charge in [0.15, 0.2) is 5.75 Å². The lowest BCUT2D eigenvalue weighted by atomic mass is 10.0. The molecule has 25 heavy (non-hydrogen) atoms. The molecule has 0 spiro atoms. The Morgan fingerprint density at radius 2 is 2.32 bits per heavy atom. The van der Waals surface area contributed by atoms with Crippen LogP contribution < -0.4 is 20.7 Å². The number of rotatable bonds is 5. The SMILES string of the molecule is CCOc1cnc2[nH]cc(NC(=O)C3CC3)c2c1N1CCCC(N)C1. The van der Waals surface area contributed by atoms with Gasteiger partial charge in [-0.2, -0.15) is 0 Å². The van der Waals surface area contributed by atoms with E-state index in [1.54, 1.807) is 6.20 Å². The Morgan fingerprint density at radius 1 is 1.48 bits per heavy atom. The molecule has 3 heterocycles. The third-order valence-corrected chi connectivity index (χ3v) is 4.92. The maximum absolute atomic E-state index is 12.3. The molecule has 1 saturated carbocycles. The van der Waals surface area contributed by atoms with Gasteiger partial charge in [-0.1, -0.05) is 0 Å². The number of piperidine rings is 1. The van der Waals surface area contributed by atoms with Crippen molar-refractivity contribution >= 4 is 28.3 Å². The lowest BCUT2D eigenvalue weighted by molar-refractivity contribution is -0.117. The number of ether oxygens (including phenoxy) is 1. The number of nitrogens with zero attached hydrogens (tertiary/aromatic N) is 2. The summed E-state index contributed by atoms with van der Waals surface area (Å²) in [6.45, 7) is 4.23. The molecule has 2 aromatic rings. The summed E-state index contributed by atoms with van der Waals surface area (Å²) in [5.74, 6) is 0.981. The molecule has 7 heteroatoms. The number of pyridine rings is 1. The standard InChI is InChI=1S/C18H25N5O2/c1-2-25-14-9-21-17-15(16(14)23-7-3-4-12(19)10-23)13(8-20-17)22-18(24)11-5-6-11/h8-9,11-12H,2-7,10,19H2,1H3,(H,20,21)(H,22,24). The Kier molecular flexibility index (Phi) is 4.25. The van der Waals surface area contributed by atoms with Crippen LogP contribution in [-0.4, -0.2) is 41.6 Å². The van der Waals surface area contributed by atoms with Crippen LogP contribution in [0.25, 0.3) is 11.0 Å². The van der Waals surface area contributed by atoms with Crippen LogP contribution in [0, 0.1) is 5.92 Å². The van der Waals surface area contributed by atoms with Gasteiger partial charge >= 0.3 is 0 Å². The highest BCUT2D eigenvalue weighted by Crippen LogP contribution is 2.41. The molecule has 7 nitrogen and oxygen atoms in total. The van der Waals surface area contributed by atoms with Gasteiger partial charge in [-0.15, -0.1) is 0 Å². The first kappa shape index (κ1) is 16.2. The van der Waals surface area contributed by atoms with E-state index in [0.717, 1.165) is 66.9 Å². The van der Waals surface area contributed by atoms with Crippen molar-refractivity contribution in [3.8, 4) is 5.75 Å². The van der Waals surface area contributed by atoms with Gasteiger partial charge in [0.05, 0.1) is 29.6 Å². The summed E-state index contributed by atoms with van der Waals surface area (Å²) in [6, 6.07) is 0.148. The van der Waals surface area contributed by atoms with Crippen LogP contribution in [0.5, 0.6) is 5.75 Å². The van der Waals surface area contributed by atoms with Gasteiger partial charge in [-0.25, -0.2) is 4.98 Å². The molecule has 0 aromatic carbocycles.